The Morgan fingerprint density at radius 2 is 2.26 bits per heavy atom. The van der Waals surface area contributed by atoms with Crippen LogP contribution in [0.4, 0.5) is 5.69 Å². The van der Waals surface area contributed by atoms with Gasteiger partial charge < -0.3 is 5.32 Å². The van der Waals surface area contributed by atoms with Gasteiger partial charge in [0, 0.05) is 24.5 Å². The zero-order chi connectivity index (χ0) is 16.1. The smallest absolute Gasteiger partial charge is 0.326 e. The van der Waals surface area contributed by atoms with Crippen molar-refractivity contribution in [2.24, 2.45) is 5.92 Å². The molecule has 1 heterocycles. The van der Waals surface area contributed by atoms with E-state index in [1.807, 2.05) is 24.3 Å². The number of benzene rings is 1. The van der Waals surface area contributed by atoms with E-state index in [1.54, 1.807) is 12.3 Å². The molecule has 0 saturated heterocycles. The fraction of sp³-hybridized carbons (Fsp3) is 0.278. The lowest BCUT2D eigenvalue weighted by Gasteiger charge is -2.10. The molecule has 1 atom stereocenters. The molecule has 0 bridgehead atoms. The lowest BCUT2D eigenvalue weighted by atomic mass is 10.0. The second kappa shape index (κ2) is 7.05. The number of anilines is 1. The molecular weight excluding hydrogens is 290 g/mol. The first-order chi connectivity index (χ1) is 11.2. The zero-order valence-corrected chi connectivity index (χ0v) is 12.8. The summed E-state index contributed by atoms with van der Waals surface area (Å²) in [6.45, 7) is 0.432. The van der Waals surface area contributed by atoms with Crippen LogP contribution in [0.2, 0.25) is 0 Å². The molecule has 0 saturated carbocycles. The molecule has 118 valence electrons. The van der Waals surface area contributed by atoms with Crippen molar-refractivity contribution >= 4 is 11.6 Å². The zero-order valence-electron chi connectivity index (χ0n) is 12.8. The van der Waals surface area contributed by atoms with Crippen LogP contribution in [-0.4, -0.2) is 15.5 Å². The van der Waals surface area contributed by atoms with Crippen LogP contribution in [0.3, 0.4) is 0 Å². The number of carbonyl (C=O) groups excluding carboxylic acids is 1. The van der Waals surface area contributed by atoms with Crippen molar-refractivity contribution in [3.05, 3.63) is 70.9 Å². The van der Waals surface area contributed by atoms with E-state index in [1.165, 1.54) is 10.8 Å². The van der Waals surface area contributed by atoms with E-state index in [-0.39, 0.29) is 11.6 Å². The minimum Gasteiger partial charge on any atom is -0.326 e. The Balaban J connectivity index is 1.65. The van der Waals surface area contributed by atoms with E-state index < -0.39 is 0 Å². The monoisotopic (exact) mass is 309 g/mol. The lowest BCUT2D eigenvalue weighted by Crippen LogP contribution is -2.22. The maximum atomic E-state index is 12.1. The van der Waals surface area contributed by atoms with Crippen molar-refractivity contribution in [1.29, 1.82) is 0 Å². The van der Waals surface area contributed by atoms with Gasteiger partial charge in [-0.2, -0.15) is 0 Å². The maximum absolute atomic E-state index is 12.1. The first-order valence-electron chi connectivity index (χ1n) is 7.77. The number of aromatic nitrogens is 2. The van der Waals surface area contributed by atoms with Crippen LogP contribution >= 0.6 is 0 Å². The van der Waals surface area contributed by atoms with Gasteiger partial charge in [0.05, 0.1) is 6.54 Å². The van der Waals surface area contributed by atoms with Crippen molar-refractivity contribution in [3.63, 3.8) is 0 Å². The van der Waals surface area contributed by atoms with Gasteiger partial charge in [-0.3, -0.25) is 9.36 Å². The third-order valence-corrected chi connectivity index (χ3v) is 3.91. The fourth-order valence-electron chi connectivity index (χ4n) is 2.77. The van der Waals surface area contributed by atoms with Gasteiger partial charge in [0.25, 0.3) is 0 Å². The molecule has 0 fully saturated rings. The molecule has 0 aliphatic heterocycles. The molecule has 3 rings (SSSR count). The predicted molar refractivity (Wildman–Crippen MR) is 89.2 cm³/mol. The van der Waals surface area contributed by atoms with Crippen molar-refractivity contribution in [3.8, 4) is 0 Å². The minimum absolute atomic E-state index is 0.0252. The summed E-state index contributed by atoms with van der Waals surface area (Å²) in [5.41, 5.74) is 1.42. The van der Waals surface area contributed by atoms with E-state index >= 15 is 0 Å². The first kappa shape index (κ1) is 15.2. The van der Waals surface area contributed by atoms with Gasteiger partial charge in [-0.25, -0.2) is 9.78 Å². The number of nitrogens with zero attached hydrogens (tertiary/aromatic N) is 2. The second-order valence-corrected chi connectivity index (χ2v) is 5.75. The molecule has 1 aromatic carbocycles. The van der Waals surface area contributed by atoms with Crippen LogP contribution in [0.25, 0.3) is 0 Å². The van der Waals surface area contributed by atoms with Crippen molar-refractivity contribution in [2.75, 3.05) is 5.32 Å². The Morgan fingerprint density at radius 3 is 3.04 bits per heavy atom. The molecule has 1 aliphatic rings. The van der Waals surface area contributed by atoms with Crippen LogP contribution in [0.15, 0.2) is 59.7 Å². The number of hydrogen-bond acceptors (Lipinski definition) is 3. The highest BCUT2D eigenvalue weighted by atomic mass is 16.2. The molecule has 1 aliphatic carbocycles. The number of amides is 1. The first-order valence-corrected chi connectivity index (χ1v) is 7.77. The van der Waals surface area contributed by atoms with E-state index in [2.05, 4.69) is 22.5 Å². The van der Waals surface area contributed by atoms with Gasteiger partial charge in [-0.1, -0.05) is 24.3 Å². The van der Waals surface area contributed by atoms with E-state index in [9.17, 15) is 9.59 Å². The molecule has 0 spiro atoms. The molecule has 1 aromatic heterocycles. The molecule has 5 nitrogen and oxygen atoms in total. The molecule has 1 N–H and O–H groups in total. The highest BCUT2D eigenvalue weighted by Crippen LogP contribution is 2.21. The summed E-state index contributed by atoms with van der Waals surface area (Å²) < 4.78 is 1.53. The lowest BCUT2D eigenvalue weighted by molar-refractivity contribution is -0.116. The highest BCUT2D eigenvalue weighted by Gasteiger charge is 2.14. The standard InChI is InChI=1S/C18H19N3O2/c22-17(12-14-5-1-2-6-14)20-16-8-3-7-15(11-16)13-21-10-4-9-19-18(21)23/h1,3-5,7-11,14H,2,6,12-13H2,(H,20,22)/t14-/m1/s1. The van der Waals surface area contributed by atoms with Gasteiger partial charge in [0.2, 0.25) is 5.91 Å². The largest absolute Gasteiger partial charge is 0.347 e. The number of rotatable bonds is 5. The predicted octanol–water partition coefficient (Wildman–Crippen LogP) is 2.59. The summed E-state index contributed by atoms with van der Waals surface area (Å²) in [6, 6.07) is 9.28. The van der Waals surface area contributed by atoms with Gasteiger partial charge >= 0.3 is 5.69 Å². The average Bonchev–Trinajstić information content (AvgIpc) is 3.03. The molecule has 2 aromatic rings. The summed E-state index contributed by atoms with van der Waals surface area (Å²) in [4.78, 5) is 27.5. The molecule has 1 amide bonds. The van der Waals surface area contributed by atoms with Crippen LogP contribution in [0.1, 0.15) is 24.8 Å². The normalized spacial score (nSPS) is 16.4. The van der Waals surface area contributed by atoms with Crippen LogP contribution in [0.5, 0.6) is 0 Å². The van der Waals surface area contributed by atoms with Gasteiger partial charge in [0.1, 0.15) is 0 Å². The third kappa shape index (κ3) is 4.16. The third-order valence-electron chi connectivity index (χ3n) is 3.91. The highest BCUT2D eigenvalue weighted by molar-refractivity contribution is 5.91. The van der Waals surface area contributed by atoms with E-state index in [0.29, 0.717) is 18.9 Å². The summed E-state index contributed by atoms with van der Waals surface area (Å²) in [6.07, 6.45) is 10.1. The van der Waals surface area contributed by atoms with Crippen molar-refractivity contribution < 1.29 is 4.79 Å². The Kier molecular flexibility index (Phi) is 4.66. The number of nitrogens with one attached hydrogen (secondary N) is 1. The second-order valence-electron chi connectivity index (χ2n) is 5.75. The Hall–Kier alpha value is -2.69. The van der Waals surface area contributed by atoms with Gasteiger partial charge in [-0.05, 0) is 42.5 Å². The van der Waals surface area contributed by atoms with Gasteiger partial charge in [-0.15, -0.1) is 0 Å². The van der Waals surface area contributed by atoms with Gasteiger partial charge in [0.15, 0.2) is 0 Å². The fourth-order valence-corrected chi connectivity index (χ4v) is 2.77. The quantitative estimate of drug-likeness (QED) is 0.863. The summed E-state index contributed by atoms with van der Waals surface area (Å²) in [5, 5.41) is 2.93. The Labute approximate surface area is 134 Å². The average molecular weight is 309 g/mol. The van der Waals surface area contributed by atoms with Crippen LogP contribution in [-0.2, 0) is 11.3 Å². The minimum atomic E-state index is -0.282. The summed E-state index contributed by atoms with van der Waals surface area (Å²) in [5.74, 6) is 0.379. The molecule has 23 heavy (non-hydrogen) atoms. The van der Waals surface area contributed by atoms with E-state index in [4.69, 9.17) is 0 Å². The summed E-state index contributed by atoms with van der Waals surface area (Å²) >= 11 is 0. The number of allylic oxidation sites excluding steroid dienone is 2. The SMILES string of the molecule is O=C(C[C@@H]1C=CCC1)Nc1cccc(Cn2cccnc2=O)c1. The molecular formula is C18H19N3O2. The van der Waals surface area contributed by atoms with Crippen LogP contribution in [0, 0.1) is 5.92 Å². The summed E-state index contributed by atoms with van der Waals surface area (Å²) in [7, 11) is 0. The van der Waals surface area contributed by atoms with Crippen molar-refractivity contribution in [2.45, 2.75) is 25.8 Å². The Bertz CT molecular complexity index is 780. The van der Waals surface area contributed by atoms with Crippen molar-refractivity contribution in [1.82, 2.24) is 9.55 Å². The maximum Gasteiger partial charge on any atom is 0.347 e. The molecule has 0 radical (unpaired) electrons. The molecule has 5 heteroatoms. The topological polar surface area (TPSA) is 64.0 Å². The van der Waals surface area contributed by atoms with Crippen LogP contribution < -0.4 is 11.0 Å². The molecule has 0 unspecified atom stereocenters. The van der Waals surface area contributed by atoms with E-state index in [0.717, 1.165) is 24.1 Å². The number of hydrogen-bond donors (Lipinski definition) is 1. The number of carbonyl (C=O) groups is 1. The Morgan fingerprint density at radius 1 is 1.35 bits per heavy atom.